The molecule has 20 heavy (non-hydrogen) atoms. The fourth-order valence-corrected chi connectivity index (χ4v) is 2.35. The summed E-state index contributed by atoms with van der Waals surface area (Å²) in [5, 5.41) is 7.43. The summed E-state index contributed by atoms with van der Waals surface area (Å²) in [5.41, 5.74) is 2.69. The van der Waals surface area contributed by atoms with Crippen LogP contribution in [0.2, 0.25) is 0 Å². The van der Waals surface area contributed by atoms with Gasteiger partial charge in [-0.3, -0.25) is 0 Å². The van der Waals surface area contributed by atoms with E-state index in [1.807, 2.05) is 25.3 Å². The highest BCUT2D eigenvalue weighted by Gasteiger charge is 2.06. The molecule has 6 heteroatoms. The third-order valence-corrected chi connectivity index (χ3v) is 3.78. The molecule has 0 aliphatic rings. The standard InChI is InChI=1S/C14H12BrFN4/c1-9-3-2-6-20-13(9)18-14(19-20)17-8-10-7-11(16)4-5-12(10)15/h2-7H,8H2,1H3,(H,17,19). The van der Waals surface area contributed by atoms with Gasteiger partial charge in [-0.2, -0.15) is 4.98 Å². The van der Waals surface area contributed by atoms with Crippen LogP contribution in [0.25, 0.3) is 5.65 Å². The van der Waals surface area contributed by atoms with Gasteiger partial charge in [0.15, 0.2) is 5.65 Å². The number of rotatable bonds is 3. The Morgan fingerprint density at radius 3 is 3.00 bits per heavy atom. The molecule has 0 saturated carbocycles. The van der Waals surface area contributed by atoms with Crippen molar-refractivity contribution in [3.05, 3.63) is 57.9 Å². The first-order chi connectivity index (χ1) is 9.63. The van der Waals surface area contributed by atoms with E-state index < -0.39 is 0 Å². The van der Waals surface area contributed by atoms with Crippen LogP contribution in [0, 0.1) is 12.7 Å². The summed E-state index contributed by atoms with van der Waals surface area (Å²) < 4.78 is 15.8. The number of halogens is 2. The predicted octanol–water partition coefficient (Wildman–Crippen LogP) is 3.55. The van der Waals surface area contributed by atoms with Crippen LogP contribution in [0.15, 0.2) is 41.0 Å². The Balaban J connectivity index is 1.83. The van der Waals surface area contributed by atoms with Crippen LogP contribution in [-0.4, -0.2) is 14.6 Å². The van der Waals surface area contributed by atoms with Crippen LogP contribution < -0.4 is 5.32 Å². The molecule has 0 fully saturated rings. The summed E-state index contributed by atoms with van der Waals surface area (Å²) in [5.74, 6) is 0.263. The molecule has 0 aliphatic carbocycles. The molecule has 3 rings (SSSR count). The zero-order valence-electron chi connectivity index (χ0n) is 10.8. The summed E-state index contributed by atoms with van der Waals surface area (Å²) >= 11 is 3.40. The zero-order chi connectivity index (χ0) is 14.1. The average molecular weight is 335 g/mol. The lowest BCUT2D eigenvalue weighted by Crippen LogP contribution is -2.02. The molecule has 0 amide bonds. The Kier molecular flexibility index (Phi) is 3.40. The lowest BCUT2D eigenvalue weighted by atomic mass is 10.2. The summed E-state index contributed by atoms with van der Waals surface area (Å²) in [6, 6.07) is 8.49. The molecule has 102 valence electrons. The van der Waals surface area contributed by atoms with Gasteiger partial charge in [-0.15, -0.1) is 5.10 Å². The van der Waals surface area contributed by atoms with E-state index in [4.69, 9.17) is 0 Å². The summed E-state index contributed by atoms with van der Waals surface area (Å²) in [4.78, 5) is 4.41. The number of nitrogens with zero attached hydrogens (tertiary/aromatic N) is 3. The highest BCUT2D eigenvalue weighted by Crippen LogP contribution is 2.19. The van der Waals surface area contributed by atoms with Crippen molar-refractivity contribution in [3.8, 4) is 0 Å². The van der Waals surface area contributed by atoms with Gasteiger partial charge in [0.05, 0.1) is 0 Å². The lowest BCUT2D eigenvalue weighted by Gasteiger charge is -2.04. The number of hydrogen-bond donors (Lipinski definition) is 1. The van der Waals surface area contributed by atoms with Gasteiger partial charge in [-0.25, -0.2) is 8.91 Å². The average Bonchev–Trinajstić information content (AvgIpc) is 2.84. The molecular formula is C14H12BrFN4. The number of aromatic nitrogens is 3. The maximum atomic E-state index is 13.2. The second-order valence-corrected chi connectivity index (χ2v) is 5.34. The Morgan fingerprint density at radius 2 is 2.20 bits per heavy atom. The van der Waals surface area contributed by atoms with Crippen LogP contribution in [0.5, 0.6) is 0 Å². The summed E-state index contributed by atoms with van der Waals surface area (Å²) in [7, 11) is 0. The van der Waals surface area contributed by atoms with Crippen LogP contribution >= 0.6 is 15.9 Å². The Labute approximate surface area is 123 Å². The molecule has 3 aromatic rings. The number of anilines is 1. The summed E-state index contributed by atoms with van der Waals surface area (Å²) in [6.45, 7) is 2.44. The van der Waals surface area contributed by atoms with E-state index in [1.165, 1.54) is 12.1 Å². The molecule has 1 N–H and O–H groups in total. The second-order valence-electron chi connectivity index (χ2n) is 4.48. The second kappa shape index (κ2) is 5.20. The van der Waals surface area contributed by atoms with Gasteiger partial charge in [0.1, 0.15) is 5.82 Å². The molecule has 0 bridgehead atoms. The SMILES string of the molecule is Cc1cccn2nc(NCc3cc(F)ccc3Br)nc12. The van der Waals surface area contributed by atoms with Gasteiger partial charge < -0.3 is 5.32 Å². The molecule has 0 aliphatic heterocycles. The van der Waals surface area contributed by atoms with E-state index in [2.05, 4.69) is 31.3 Å². The van der Waals surface area contributed by atoms with Gasteiger partial charge in [0.2, 0.25) is 5.95 Å². The Hall–Kier alpha value is -1.95. The minimum Gasteiger partial charge on any atom is -0.349 e. The fraction of sp³-hybridized carbons (Fsp3) is 0.143. The number of hydrogen-bond acceptors (Lipinski definition) is 3. The number of nitrogens with one attached hydrogen (secondary N) is 1. The maximum absolute atomic E-state index is 13.2. The molecule has 0 spiro atoms. The number of pyridine rings is 1. The third-order valence-electron chi connectivity index (χ3n) is 3.00. The first-order valence-corrected chi connectivity index (χ1v) is 6.92. The van der Waals surface area contributed by atoms with Gasteiger partial charge >= 0.3 is 0 Å². The molecule has 1 aromatic carbocycles. The zero-order valence-corrected chi connectivity index (χ0v) is 12.4. The van der Waals surface area contributed by atoms with E-state index in [0.29, 0.717) is 12.5 Å². The van der Waals surface area contributed by atoms with Crippen molar-refractivity contribution in [2.24, 2.45) is 0 Å². The number of benzene rings is 1. The van der Waals surface area contributed by atoms with Crippen molar-refractivity contribution < 1.29 is 4.39 Å². The van der Waals surface area contributed by atoms with Crippen LogP contribution in [0.3, 0.4) is 0 Å². The first kappa shape index (κ1) is 13.1. The molecule has 0 saturated heterocycles. The van der Waals surface area contributed by atoms with Crippen LogP contribution in [0.1, 0.15) is 11.1 Å². The molecule has 0 atom stereocenters. The number of fused-ring (bicyclic) bond motifs is 1. The monoisotopic (exact) mass is 334 g/mol. The van der Waals surface area contributed by atoms with E-state index in [0.717, 1.165) is 21.2 Å². The fourth-order valence-electron chi connectivity index (χ4n) is 1.97. The van der Waals surface area contributed by atoms with Gasteiger partial charge in [0.25, 0.3) is 0 Å². The largest absolute Gasteiger partial charge is 0.349 e. The van der Waals surface area contributed by atoms with Gasteiger partial charge in [-0.1, -0.05) is 22.0 Å². The van der Waals surface area contributed by atoms with Crippen molar-refractivity contribution in [2.45, 2.75) is 13.5 Å². The molecule has 0 radical (unpaired) electrons. The minimum absolute atomic E-state index is 0.260. The lowest BCUT2D eigenvalue weighted by molar-refractivity contribution is 0.625. The molecule has 2 aromatic heterocycles. The highest BCUT2D eigenvalue weighted by molar-refractivity contribution is 9.10. The smallest absolute Gasteiger partial charge is 0.243 e. The normalized spacial score (nSPS) is 10.9. The minimum atomic E-state index is -0.260. The molecular weight excluding hydrogens is 323 g/mol. The Bertz CT molecular complexity index is 769. The van der Waals surface area contributed by atoms with E-state index in [-0.39, 0.29) is 5.82 Å². The van der Waals surface area contributed by atoms with E-state index >= 15 is 0 Å². The number of aryl methyl sites for hydroxylation is 1. The van der Waals surface area contributed by atoms with Crippen molar-refractivity contribution in [3.63, 3.8) is 0 Å². The molecule has 0 unspecified atom stereocenters. The van der Waals surface area contributed by atoms with Gasteiger partial charge in [-0.05, 0) is 42.3 Å². The molecule has 2 heterocycles. The third kappa shape index (κ3) is 2.51. The van der Waals surface area contributed by atoms with Crippen molar-refractivity contribution in [2.75, 3.05) is 5.32 Å². The predicted molar refractivity (Wildman–Crippen MR) is 79.2 cm³/mol. The van der Waals surface area contributed by atoms with E-state index in [9.17, 15) is 4.39 Å². The van der Waals surface area contributed by atoms with Crippen molar-refractivity contribution >= 4 is 27.5 Å². The first-order valence-electron chi connectivity index (χ1n) is 6.13. The maximum Gasteiger partial charge on any atom is 0.243 e. The Morgan fingerprint density at radius 1 is 1.35 bits per heavy atom. The molecule has 4 nitrogen and oxygen atoms in total. The van der Waals surface area contributed by atoms with Crippen molar-refractivity contribution in [1.29, 1.82) is 0 Å². The van der Waals surface area contributed by atoms with Gasteiger partial charge in [0, 0.05) is 17.2 Å². The summed E-state index contributed by atoms with van der Waals surface area (Å²) in [6.07, 6.45) is 1.85. The highest BCUT2D eigenvalue weighted by atomic mass is 79.9. The van der Waals surface area contributed by atoms with E-state index in [1.54, 1.807) is 10.6 Å². The van der Waals surface area contributed by atoms with Crippen LogP contribution in [0.4, 0.5) is 10.3 Å². The van der Waals surface area contributed by atoms with Crippen molar-refractivity contribution in [1.82, 2.24) is 14.6 Å². The van der Waals surface area contributed by atoms with Crippen LogP contribution in [-0.2, 0) is 6.54 Å². The topological polar surface area (TPSA) is 42.2 Å². The quantitative estimate of drug-likeness (QED) is 0.796.